The largest absolute Gasteiger partial charge is 0.497 e. The Bertz CT molecular complexity index is 1110. The molecule has 0 aromatic heterocycles. The maximum absolute atomic E-state index is 13.0. The van der Waals surface area contributed by atoms with E-state index in [4.69, 9.17) is 4.74 Å². The SMILES string of the molecule is COc1ccc(-c2ccc3c(c2)S(=O)(=O)N(Cc2ccccc2)C3=O)cc1. The van der Waals surface area contributed by atoms with Gasteiger partial charge in [0.05, 0.1) is 19.2 Å². The summed E-state index contributed by atoms with van der Waals surface area (Å²) in [5.41, 5.74) is 2.55. The van der Waals surface area contributed by atoms with E-state index >= 15 is 0 Å². The summed E-state index contributed by atoms with van der Waals surface area (Å²) in [7, 11) is -2.29. The summed E-state index contributed by atoms with van der Waals surface area (Å²) >= 11 is 0. The van der Waals surface area contributed by atoms with Gasteiger partial charge in [0.25, 0.3) is 15.9 Å². The van der Waals surface area contributed by atoms with Crippen molar-refractivity contribution >= 4 is 15.9 Å². The van der Waals surface area contributed by atoms with Crippen LogP contribution in [0, 0.1) is 0 Å². The number of ether oxygens (including phenoxy) is 1. The van der Waals surface area contributed by atoms with Gasteiger partial charge in [0.2, 0.25) is 0 Å². The number of benzene rings is 3. The van der Waals surface area contributed by atoms with Crippen LogP contribution in [0.25, 0.3) is 11.1 Å². The predicted molar refractivity (Wildman–Crippen MR) is 102 cm³/mol. The third-order valence-corrected chi connectivity index (χ3v) is 6.37. The van der Waals surface area contributed by atoms with Crippen molar-refractivity contribution < 1.29 is 17.9 Å². The zero-order valence-corrected chi connectivity index (χ0v) is 15.4. The lowest BCUT2D eigenvalue weighted by molar-refractivity contribution is 0.0865. The van der Waals surface area contributed by atoms with Gasteiger partial charge in [-0.25, -0.2) is 12.7 Å². The molecule has 0 bridgehead atoms. The van der Waals surface area contributed by atoms with E-state index in [2.05, 4.69) is 0 Å². The Hall–Kier alpha value is -3.12. The zero-order chi connectivity index (χ0) is 19.0. The van der Waals surface area contributed by atoms with Gasteiger partial charge in [0.1, 0.15) is 10.6 Å². The summed E-state index contributed by atoms with van der Waals surface area (Å²) in [6.07, 6.45) is 0. The Labute approximate surface area is 157 Å². The summed E-state index contributed by atoms with van der Waals surface area (Å²) in [5.74, 6) is 0.229. The summed E-state index contributed by atoms with van der Waals surface area (Å²) in [6.45, 7) is 0.0224. The number of fused-ring (bicyclic) bond motifs is 1. The second kappa shape index (κ2) is 6.55. The molecule has 3 aromatic rings. The third kappa shape index (κ3) is 2.98. The molecule has 6 heteroatoms. The number of carbonyl (C=O) groups excluding carboxylic acids is 1. The molecule has 0 saturated heterocycles. The highest BCUT2D eigenvalue weighted by Crippen LogP contribution is 2.35. The van der Waals surface area contributed by atoms with Gasteiger partial charge in [-0.15, -0.1) is 0 Å². The van der Waals surface area contributed by atoms with Gasteiger partial charge in [-0.2, -0.15) is 0 Å². The molecule has 0 unspecified atom stereocenters. The molecule has 0 aliphatic carbocycles. The maximum atomic E-state index is 13.0. The Morgan fingerprint density at radius 3 is 2.22 bits per heavy atom. The molecule has 0 N–H and O–H groups in total. The average Bonchev–Trinajstić information content (AvgIpc) is 2.89. The van der Waals surface area contributed by atoms with E-state index in [0.717, 1.165) is 26.7 Å². The summed E-state index contributed by atoms with van der Waals surface area (Å²) in [5, 5.41) is 0. The maximum Gasteiger partial charge on any atom is 0.269 e. The van der Waals surface area contributed by atoms with Crippen molar-refractivity contribution in [2.75, 3.05) is 7.11 Å². The van der Waals surface area contributed by atoms with E-state index < -0.39 is 15.9 Å². The van der Waals surface area contributed by atoms with Crippen LogP contribution in [0.3, 0.4) is 0 Å². The fourth-order valence-corrected chi connectivity index (χ4v) is 4.73. The zero-order valence-electron chi connectivity index (χ0n) is 14.6. The van der Waals surface area contributed by atoms with E-state index in [-0.39, 0.29) is 17.0 Å². The van der Waals surface area contributed by atoms with Gasteiger partial charge in [-0.05, 0) is 41.0 Å². The number of methoxy groups -OCH3 is 1. The first-order valence-corrected chi connectivity index (χ1v) is 9.84. The molecule has 3 aromatic carbocycles. The van der Waals surface area contributed by atoms with Crippen molar-refractivity contribution in [2.24, 2.45) is 0 Å². The smallest absolute Gasteiger partial charge is 0.269 e. The van der Waals surface area contributed by atoms with Crippen LogP contribution < -0.4 is 4.74 Å². The lowest BCUT2D eigenvalue weighted by Crippen LogP contribution is -2.29. The van der Waals surface area contributed by atoms with Gasteiger partial charge >= 0.3 is 0 Å². The Morgan fingerprint density at radius 2 is 1.56 bits per heavy atom. The summed E-state index contributed by atoms with van der Waals surface area (Å²) in [4.78, 5) is 12.7. The lowest BCUT2D eigenvalue weighted by atomic mass is 10.0. The number of rotatable bonds is 4. The van der Waals surface area contributed by atoms with E-state index in [9.17, 15) is 13.2 Å². The minimum Gasteiger partial charge on any atom is -0.497 e. The highest BCUT2D eigenvalue weighted by Gasteiger charge is 2.41. The van der Waals surface area contributed by atoms with Crippen molar-refractivity contribution in [2.45, 2.75) is 11.4 Å². The molecule has 1 aliphatic heterocycles. The Kier molecular flexibility index (Phi) is 4.20. The number of nitrogens with zero attached hydrogens (tertiary/aromatic N) is 1. The van der Waals surface area contributed by atoms with Gasteiger partial charge in [-0.3, -0.25) is 4.79 Å². The van der Waals surface area contributed by atoms with Crippen LogP contribution in [0.4, 0.5) is 0 Å². The molecule has 27 heavy (non-hydrogen) atoms. The van der Waals surface area contributed by atoms with Gasteiger partial charge in [0.15, 0.2) is 0 Å². The highest BCUT2D eigenvalue weighted by atomic mass is 32.2. The molecular weight excluding hydrogens is 362 g/mol. The van der Waals surface area contributed by atoms with E-state index in [1.165, 1.54) is 0 Å². The van der Waals surface area contributed by atoms with Crippen molar-refractivity contribution in [3.63, 3.8) is 0 Å². The Balaban J connectivity index is 1.72. The monoisotopic (exact) mass is 379 g/mol. The standard InChI is InChI=1S/C21H17NO4S/c1-26-18-10-7-16(8-11-18)17-9-12-19-20(13-17)27(24,25)22(21(19)23)14-15-5-3-2-4-6-15/h2-13H,14H2,1H3. The molecule has 0 atom stereocenters. The van der Waals surface area contributed by atoms with Gasteiger partial charge in [0, 0.05) is 0 Å². The molecule has 5 nitrogen and oxygen atoms in total. The number of carbonyl (C=O) groups is 1. The summed E-state index contributed by atoms with van der Waals surface area (Å²) in [6, 6.07) is 21.3. The summed E-state index contributed by atoms with van der Waals surface area (Å²) < 4.78 is 32.0. The van der Waals surface area contributed by atoms with Crippen LogP contribution >= 0.6 is 0 Å². The molecule has 4 rings (SSSR count). The first-order chi connectivity index (χ1) is 13.0. The number of hydrogen-bond donors (Lipinski definition) is 0. The molecule has 1 aliphatic rings. The number of hydrogen-bond acceptors (Lipinski definition) is 4. The Morgan fingerprint density at radius 1 is 0.889 bits per heavy atom. The first kappa shape index (κ1) is 17.3. The minimum atomic E-state index is -3.88. The second-order valence-electron chi connectivity index (χ2n) is 6.24. The van der Waals surface area contributed by atoms with Crippen molar-refractivity contribution in [1.29, 1.82) is 0 Å². The van der Waals surface area contributed by atoms with Crippen molar-refractivity contribution in [1.82, 2.24) is 4.31 Å². The fraction of sp³-hybridized carbons (Fsp3) is 0.0952. The average molecular weight is 379 g/mol. The van der Waals surface area contributed by atoms with Crippen molar-refractivity contribution in [3.8, 4) is 16.9 Å². The van der Waals surface area contributed by atoms with Gasteiger partial charge < -0.3 is 4.74 Å². The van der Waals surface area contributed by atoms with Crippen molar-refractivity contribution in [3.05, 3.63) is 83.9 Å². The topological polar surface area (TPSA) is 63.7 Å². The van der Waals surface area contributed by atoms with Gasteiger partial charge in [-0.1, -0.05) is 48.5 Å². The lowest BCUT2D eigenvalue weighted by Gasteiger charge is -2.15. The fourth-order valence-electron chi connectivity index (χ4n) is 3.14. The van der Waals surface area contributed by atoms with E-state index in [1.807, 2.05) is 42.5 Å². The van der Waals surface area contributed by atoms with Crippen LogP contribution in [-0.4, -0.2) is 25.7 Å². The minimum absolute atomic E-state index is 0.0224. The molecule has 136 valence electrons. The van der Waals surface area contributed by atoms with E-state index in [0.29, 0.717) is 0 Å². The van der Waals surface area contributed by atoms with Crippen LogP contribution in [0.1, 0.15) is 15.9 Å². The molecule has 0 fully saturated rings. The molecule has 0 spiro atoms. The highest BCUT2D eigenvalue weighted by molar-refractivity contribution is 7.90. The first-order valence-electron chi connectivity index (χ1n) is 8.40. The normalized spacial score (nSPS) is 14.9. The molecular formula is C21H17NO4S. The quantitative estimate of drug-likeness (QED) is 0.693. The molecule has 1 heterocycles. The van der Waals surface area contributed by atoms with E-state index in [1.54, 1.807) is 37.4 Å². The second-order valence-corrected chi connectivity index (χ2v) is 8.07. The number of sulfonamides is 1. The third-order valence-electron chi connectivity index (χ3n) is 4.60. The van der Waals surface area contributed by atoms with Crippen LogP contribution in [0.5, 0.6) is 5.75 Å². The number of amides is 1. The molecule has 0 saturated carbocycles. The van der Waals surface area contributed by atoms with Crippen LogP contribution in [0.15, 0.2) is 77.7 Å². The molecule has 1 amide bonds. The predicted octanol–water partition coefficient (Wildman–Crippen LogP) is 3.71. The van der Waals surface area contributed by atoms with Crippen LogP contribution in [0.2, 0.25) is 0 Å². The molecule has 0 radical (unpaired) electrons. The van der Waals surface area contributed by atoms with Crippen LogP contribution in [-0.2, 0) is 16.6 Å².